The molecule has 0 fully saturated rings. The molecule has 0 bridgehead atoms. The molecule has 5 rings (SSSR count). The summed E-state index contributed by atoms with van der Waals surface area (Å²) in [4.78, 5) is 22.7. The van der Waals surface area contributed by atoms with Crippen molar-refractivity contribution < 1.29 is 9.53 Å². The van der Waals surface area contributed by atoms with E-state index >= 15 is 0 Å². The highest BCUT2D eigenvalue weighted by Crippen LogP contribution is 2.43. The van der Waals surface area contributed by atoms with E-state index in [-0.39, 0.29) is 21.9 Å². The lowest BCUT2D eigenvalue weighted by molar-refractivity contribution is 0.103. The number of thiazole rings is 1. The number of thiophene rings is 2. The number of pyridine rings is 1. The average Bonchev–Trinajstić information content (AvgIpc) is 3.52. The Morgan fingerprint density at radius 2 is 2.09 bits per heavy atom. The monoisotopic (exact) mass is 492 g/mol. The number of fused-ring (bicyclic) bond motifs is 2. The number of ether oxygens (including phenoxy) is 1. The molecule has 0 saturated heterocycles. The molecule has 0 spiro atoms. The second kappa shape index (κ2) is 8.32. The summed E-state index contributed by atoms with van der Waals surface area (Å²) in [5.41, 5.74) is 15.2. The molecule has 33 heavy (non-hydrogen) atoms. The number of hydrogen-bond donors (Lipinski definition) is 3. The number of rotatable bonds is 5. The summed E-state index contributed by atoms with van der Waals surface area (Å²) >= 11 is 3.97. The predicted molar refractivity (Wildman–Crippen MR) is 135 cm³/mol. The SMILES string of the molecule is CCOc1ccc2nc(NC(=O)c3sc4nc(N)c(C#N)c(-c5ccsc5)c4c3N)sc2c1. The number of nitrogens with two attached hydrogens (primary N) is 2. The van der Waals surface area contributed by atoms with Gasteiger partial charge >= 0.3 is 0 Å². The summed E-state index contributed by atoms with van der Waals surface area (Å²) in [5, 5.41) is 17.3. The van der Waals surface area contributed by atoms with E-state index in [9.17, 15) is 10.1 Å². The minimum Gasteiger partial charge on any atom is -0.494 e. The maximum Gasteiger partial charge on any atom is 0.269 e. The molecule has 0 aliphatic carbocycles. The molecule has 0 unspecified atom stereocenters. The Kier molecular flexibility index (Phi) is 5.33. The molecule has 11 heteroatoms. The fourth-order valence-corrected chi connectivity index (χ4v) is 6.06. The normalized spacial score (nSPS) is 11.0. The number of nitriles is 1. The van der Waals surface area contributed by atoms with Crippen LogP contribution in [0.3, 0.4) is 0 Å². The second-order valence-corrected chi connectivity index (χ2v) is 9.74. The third-order valence-electron chi connectivity index (χ3n) is 4.92. The second-order valence-electron chi connectivity index (χ2n) is 6.93. The van der Waals surface area contributed by atoms with Gasteiger partial charge in [-0.25, -0.2) is 9.97 Å². The van der Waals surface area contributed by atoms with Gasteiger partial charge in [0.05, 0.1) is 22.5 Å². The van der Waals surface area contributed by atoms with Gasteiger partial charge in [-0.1, -0.05) is 11.3 Å². The zero-order valence-electron chi connectivity index (χ0n) is 17.2. The molecule has 0 radical (unpaired) electrons. The van der Waals surface area contributed by atoms with Crippen molar-refractivity contribution in [2.24, 2.45) is 0 Å². The predicted octanol–water partition coefficient (Wildman–Crippen LogP) is 5.32. The van der Waals surface area contributed by atoms with Crippen molar-refractivity contribution in [3.63, 3.8) is 0 Å². The number of anilines is 3. The van der Waals surface area contributed by atoms with Crippen LogP contribution in [0, 0.1) is 11.3 Å². The molecule has 8 nitrogen and oxygen atoms in total. The molecule has 5 N–H and O–H groups in total. The minimum atomic E-state index is -0.395. The Morgan fingerprint density at radius 1 is 1.24 bits per heavy atom. The largest absolute Gasteiger partial charge is 0.494 e. The van der Waals surface area contributed by atoms with Crippen LogP contribution in [0.1, 0.15) is 22.2 Å². The first kappa shape index (κ1) is 21.1. The van der Waals surface area contributed by atoms with E-state index in [4.69, 9.17) is 16.2 Å². The Morgan fingerprint density at radius 3 is 2.82 bits per heavy atom. The third kappa shape index (κ3) is 3.64. The molecule has 0 saturated carbocycles. The van der Waals surface area contributed by atoms with Gasteiger partial charge in [-0.15, -0.1) is 11.3 Å². The van der Waals surface area contributed by atoms with Gasteiger partial charge in [0.15, 0.2) is 5.13 Å². The minimum absolute atomic E-state index is 0.107. The number of carbonyl (C=O) groups is 1. The van der Waals surface area contributed by atoms with Crippen LogP contribution in [-0.2, 0) is 0 Å². The molecule has 1 aromatic carbocycles. The van der Waals surface area contributed by atoms with E-state index in [1.54, 1.807) is 0 Å². The molecule has 164 valence electrons. The number of amides is 1. The van der Waals surface area contributed by atoms with Crippen LogP contribution in [-0.4, -0.2) is 22.5 Å². The van der Waals surface area contributed by atoms with Crippen molar-refractivity contribution in [1.29, 1.82) is 5.26 Å². The first-order chi connectivity index (χ1) is 16.0. The fraction of sp³-hybridized carbons (Fsp3) is 0.0909. The van der Waals surface area contributed by atoms with Gasteiger partial charge in [0, 0.05) is 10.9 Å². The molecular weight excluding hydrogens is 476 g/mol. The molecule has 4 heterocycles. The van der Waals surface area contributed by atoms with Crippen LogP contribution < -0.4 is 21.5 Å². The Bertz CT molecular complexity index is 1560. The van der Waals surface area contributed by atoms with Crippen LogP contribution in [0.5, 0.6) is 5.75 Å². The smallest absolute Gasteiger partial charge is 0.269 e. The average molecular weight is 493 g/mol. The maximum absolute atomic E-state index is 13.1. The lowest BCUT2D eigenvalue weighted by Gasteiger charge is -2.07. The third-order valence-corrected chi connectivity index (χ3v) is 7.64. The molecule has 5 aromatic rings. The Labute approximate surface area is 200 Å². The van der Waals surface area contributed by atoms with E-state index in [1.165, 1.54) is 22.7 Å². The summed E-state index contributed by atoms with van der Waals surface area (Å²) in [5.74, 6) is 0.460. The van der Waals surface area contributed by atoms with Crippen LogP contribution in [0.25, 0.3) is 31.6 Å². The van der Waals surface area contributed by atoms with Crippen molar-refractivity contribution in [1.82, 2.24) is 9.97 Å². The molecular formula is C22H16N6O2S3. The first-order valence-corrected chi connectivity index (χ1v) is 12.4. The molecule has 1 amide bonds. The van der Waals surface area contributed by atoms with Crippen LogP contribution in [0.4, 0.5) is 16.6 Å². The molecule has 0 atom stereocenters. The number of hydrogen-bond acceptors (Lipinski definition) is 10. The van der Waals surface area contributed by atoms with E-state index in [2.05, 4.69) is 21.4 Å². The van der Waals surface area contributed by atoms with Gasteiger partial charge in [-0.05, 0) is 47.5 Å². The van der Waals surface area contributed by atoms with Gasteiger partial charge in [-0.3, -0.25) is 10.1 Å². The van der Waals surface area contributed by atoms with Gasteiger partial charge in [0.1, 0.15) is 32.9 Å². The van der Waals surface area contributed by atoms with Crippen molar-refractivity contribution >= 4 is 77.0 Å². The number of nitrogens with one attached hydrogen (secondary N) is 1. The number of benzene rings is 1. The fourth-order valence-electron chi connectivity index (χ4n) is 3.52. The highest BCUT2D eigenvalue weighted by atomic mass is 32.1. The standard InChI is InChI=1S/C22H16N6O2S3/c1-2-30-11-3-4-13-14(7-11)32-22(26-13)28-20(29)18-17(24)16-15(10-5-6-31-9-10)12(8-23)19(25)27-21(16)33-18/h3-7,9H,2,24H2,1H3,(H2,25,27)(H,26,28,29). The lowest BCUT2D eigenvalue weighted by atomic mass is 9.99. The van der Waals surface area contributed by atoms with Crippen molar-refractivity contribution in [2.75, 3.05) is 23.4 Å². The maximum atomic E-state index is 13.1. The number of nitrogens with zero attached hydrogens (tertiary/aromatic N) is 3. The summed E-state index contributed by atoms with van der Waals surface area (Å²) < 4.78 is 6.43. The van der Waals surface area contributed by atoms with Crippen LogP contribution in [0.15, 0.2) is 35.0 Å². The Hall–Kier alpha value is -3.72. The van der Waals surface area contributed by atoms with Gasteiger partial charge in [-0.2, -0.15) is 16.6 Å². The molecule has 0 aliphatic heterocycles. The Balaban J connectivity index is 1.56. The van der Waals surface area contributed by atoms with Crippen LogP contribution >= 0.6 is 34.0 Å². The van der Waals surface area contributed by atoms with Gasteiger partial charge < -0.3 is 16.2 Å². The van der Waals surface area contributed by atoms with E-state index < -0.39 is 5.91 Å². The summed E-state index contributed by atoms with van der Waals surface area (Å²) in [6, 6.07) is 9.59. The topological polar surface area (TPSA) is 140 Å². The van der Waals surface area contributed by atoms with E-state index in [0.29, 0.717) is 27.5 Å². The summed E-state index contributed by atoms with van der Waals surface area (Å²) in [6.07, 6.45) is 0. The van der Waals surface area contributed by atoms with E-state index in [1.807, 2.05) is 41.9 Å². The lowest BCUT2D eigenvalue weighted by Crippen LogP contribution is -2.11. The highest BCUT2D eigenvalue weighted by molar-refractivity contribution is 7.23. The molecule has 4 aromatic heterocycles. The van der Waals surface area contributed by atoms with Crippen LogP contribution in [0.2, 0.25) is 0 Å². The van der Waals surface area contributed by atoms with E-state index in [0.717, 1.165) is 32.9 Å². The van der Waals surface area contributed by atoms with Crippen molar-refractivity contribution in [2.45, 2.75) is 6.92 Å². The zero-order chi connectivity index (χ0) is 23.1. The summed E-state index contributed by atoms with van der Waals surface area (Å²) in [7, 11) is 0. The summed E-state index contributed by atoms with van der Waals surface area (Å²) in [6.45, 7) is 2.49. The zero-order valence-corrected chi connectivity index (χ0v) is 19.7. The quantitative estimate of drug-likeness (QED) is 0.301. The van der Waals surface area contributed by atoms with Gasteiger partial charge in [0.25, 0.3) is 5.91 Å². The first-order valence-electron chi connectivity index (χ1n) is 9.79. The molecule has 0 aliphatic rings. The number of nitrogen functional groups attached to an aromatic ring is 2. The van der Waals surface area contributed by atoms with Gasteiger partial charge in [0.2, 0.25) is 0 Å². The van der Waals surface area contributed by atoms with Crippen molar-refractivity contribution in [3.8, 4) is 22.9 Å². The van der Waals surface area contributed by atoms with Crippen molar-refractivity contribution in [3.05, 3.63) is 45.5 Å². The number of aromatic nitrogens is 2. The highest BCUT2D eigenvalue weighted by Gasteiger charge is 2.25. The number of carbonyl (C=O) groups excluding carboxylic acids is 1.